The summed E-state index contributed by atoms with van der Waals surface area (Å²) in [5, 5.41) is 14.2. The summed E-state index contributed by atoms with van der Waals surface area (Å²) in [6, 6.07) is 0.635. The SMILES string of the molecule is Cc1[nH]ncc1CCCNC(=S)NC1CC1. The average Bonchev–Trinajstić information content (AvgIpc) is 2.96. The Bertz CT molecular complexity index is 357. The summed E-state index contributed by atoms with van der Waals surface area (Å²) in [5.74, 6) is 0. The van der Waals surface area contributed by atoms with Gasteiger partial charge in [0.2, 0.25) is 0 Å². The molecule has 0 amide bonds. The molecule has 5 heteroatoms. The molecule has 1 saturated carbocycles. The van der Waals surface area contributed by atoms with Gasteiger partial charge in [-0.2, -0.15) is 5.10 Å². The van der Waals surface area contributed by atoms with Crippen LogP contribution in [0.4, 0.5) is 0 Å². The highest BCUT2D eigenvalue weighted by atomic mass is 32.1. The van der Waals surface area contributed by atoms with Crippen LogP contribution in [0.15, 0.2) is 6.20 Å². The Kier molecular flexibility index (Phi) is 3.77. The molecule has 0 unspecified atom stereocenters. The Morgan fingerprint density at radius 3 is 3.06 bits per heavy atom. The Morgan fingerprint density at radius 1 is 1.62 bits per heavy atom. The molecule has 4 nitrogen and oxygen atoms in total. The van der Waals surface area contributed by atoms with Gasteiger partial charge >= 0.3 is 0 Å². The second kappa shape index (κ2) is 5.30. The topological polar surface area (TPSA) is 52.7 Å². The van der Waals surface area contributed by atoms with Crippen molar-refractivity contribution < 1.29 is 0 Å². The highest BCUT2D eigenvalue weighted by Crippen LogP contribution is 2.18. The van der Waals surface area contributed by atoms with Crippen LogP contribution >= 0.6 is 12.2 Å². The van der Waals surface area contributed by atoms with Crippen LogP contribution in [0.3, 0.4) is 0 Å². The maximum atomic E-state index is 5.17. The molecule has 0 bridgehead atoms. The predicted octanol–water partition coefficient (Wildman–Crippen LogP) is 1.28. The lowest BCUT2D eigenvalue weighted by Gasteiger charge is -2.08. The van der Waals surface area contributed by atoms with Gasteiger partial charge in [0.15, 0.2) is 5.11 Å². The average molecular weight is 238 g/mol. The highest BCUT2D eigenvalue weighted by Gasteiger charge is 2.21. The first kappa shape index (κ1) is 11.4. The molecule has 88 valence electrons. The quantitative estimate of drug-likeness (QED) is 0.534. The molecule has 0 aliphatic heterocycles. The van der Waals surface area contributed by atoms with Crippen molar-refractivity contribution >= 4 is 17.3 Å². The summed E-state index contributed by atoms with van der Waals surface area (Å²) < 4.78 is 0. The molecule has 1 heterocycles. The summed E-state index contributed by atoms with van der Waals surface area (Å²) >= 11 is 5.17. The van der Waals surface area contributed by atoms with E-state index in [0.717, 1.165) is 24.5 Å². The van der Waals surface area contributed by atoms with Gasteiger partial charge < -0.3 is 10.6 Å². The Labute approximate surface area is 101 Å². The third-order valence-corrected chi connectivity index (χ3v) is 3.02. The van der Waals surface area contributed by atoms with Crippen LogP contribution in [0.25, 0.3) is 0 Å². The summed E-state index contributed by atoms with van der Waals surface area (Å²) in [6.07, 6.45) is 6.54. The second-order valence-corrected chi connectivity index (χ2v) is 4.71. The number of nitrogens with one attached hydrogen (secondary N) is 3. The largest absolute Gasteiger partial charge is 0.363 e. The van der Waals surface area contributed by atoms with E-state index in [0.29, 0.717) is 6.04 Å². The zero-order chi connectivity index (χ0) is 11.4. The van der Waals surface area contributed by atoms with E-state index >= 15 is 0 Å². The van der Waals surface area contributed by atoms with E-state index in [1.165, 1.54) is 24.1 Å². The van der Waals surface area contributed by atoms with E-state index in [2.05, 4.69) is 27.8 Å². The molecule has 1 aromatic heterocycles. The minimum atomic E-state index is 0.635. The zero-order valence-corrected chi connectivity index (χ0v) is 10.4. The fourth-order valence-electron chi connectivity index (χ4n) is 1.57. The maximum absolute atomic E-state index is 5.17. The van der Waals surface area contributed by atoms with Crippen LogP contribution in [0.1, 0.15) is 30.5 Å². The van der Waals surface area contributed by atoms with Crippen LogP contribution in [0.2, 0.25) is 0 Å². The number of thiocarbonyl (C=S) groups is 1. The molecule has 0 atom stereocenters. The summed E-state index contributed by atoms with van der Waals surface area (Å²) in [4.78, 5) is 0. The van der Waals surface area contributed by atoms with Crippen molar-refractivity contribution in [3.63, 3.8) is 0 Å². The van der Waals surface area contributed by atoms with E-state index in [1.807, 2.05) is 6.20 Å². The predicted molar refractivity (Wildman–Crippen MR) is 68.4 cm³/mol. The molecule has 1 fully saturated rings. The van der Waals surface area contributed by atoms with Gasteiger partial charge in [-0.3, -0.25) is 5.10 Å². The lowest BCUT2D eigenvalue weighted by Crippen LogP contribution is -2.37. The van der Waals surface area contributed by atoms with Crippen LogP contribution in [0, 0.1) is 6.92 Å². The van der Waals surface area contributed by atoms with Crippen LogP contribution in [-0.2, 0) is 6.42 Å². The maximum Gasteiger partial charge on any atom is 0.166 e. The molecule has 0 aromatic carbocycles. The number of hydrogen-bond acceptors (Lipinski definition) is 2. The fourth-order valence-corrected chi connectivity index (χ4v) is 1.84. The number of aromatic nitrogens is 2. The molecule has 0 radical (unpaired) electrons. The summed E-state index contributed by atoms with van der Waals surface area (Å²) in [5.41, 5.74) is 2.46. The van der Waals surface area contributed by atoms with Crippen molar-refractivity contribution in [1.82, 2.24) is 20.8 Å². The van der Waals surface area contributed by atoms with E-state index in [1.54, 1.807) is 0 Å². The minimum Gasteiger partial charge on any atom is -0.363 e. The number of nitrogens with zero attached hydrogens (tertiary/aromatic N) is 1. The van der Waals surface area contributed by atoms with Crippen LogP contribution in [-0.4, -0.2) is 27.9 Å². The molecule has 16 heavy (non-hydrogen) atoms. The third-order valence-electron chi connectivity index (χ3n) is 2.76. The van der Waals surface area contributed by atoms with E-state index < -0.39 is 0 Å². The van der Waals surface area contributed by atoms with E-state index in [4.69, 9.17) is 12.2 Å². The van der Waals surface area contributed by atoms with Crippen molar-refractivity contribution in [3.8, 4) is 0 Å². The van der Waals surface area contributed by atoms with Gasteiger partial charge in [0.25, 0.3) is 0 Å². The molecular weight excluding hydrogens is 220 g/mol. The second-order valence-electron chi connectivity index (χ2n) is 4.30. The number of aryl methyl sites for hydroxylation is 2. The molecule has 1 aliphatic carbocycles. The first-order valence-electron chi connectivity index (χ1n) is 5.79. The van der Waals surface area contributed by atoms with Crippen molar-refractivity contribution in [2.75, 3.05) is 6.54 Å². The first-order chi connectivity index (χ1) is 7.75. The van der Waals surface area contributed by atoms with Crippen molar-refractivity contribution in [2.24, 2.45) is 0 Å². The van der Waals surface area contributed by atoms with Gasteiger partial charge in [-0.15, -0.1) is 0 Å². The van der Waals surface area contributed by atoms with Crippen molar-refractivity contribution in [2.45, 2.75) is 38.6 Å². The van der Waals surface area contributed by atoms with Crippen molar-refractivity contribution in [3.05, 3.63) is 17.5 Å². The molecule has 3 N–H and O–H groups in total. The van der Waals surface area contributed by atoms with Gasteiger partial charge in [-0.1, -0.05) is 0 Å². The summed E-state index contributed by atoms with van der Waals surface area (Å²) in [7, 11) is 0. The number of aromatic amines is 1. The number of H-pyrrole nitrogens is 1. The van der Waals surface area contributed by atoms with Gasteiger partial charge in [0.05, 0.1) is 6.20 Å². The molecule has 1 aromatic rings. The Morgan fingerprint density at radius 2 is 2.44 bits per heavy atom. The Balaban J connectivity index is 1.57. The normalized spacial score (nSPS) is 14.8. The van der Waals surface area contributed by atoms with Crippen LogP contribution in [0.5, 0.6) is 0 Å². The highest BCUT2D eigenvalue weighted by molar-refractivity contribution is 7.80. The minimum absolute atomic E-state index is 0.635. The standard InChI is InChI=1S/C11H18N4S/c1-8-9(7-13-15-8)3-2-6-12-11(16)14-10-4-5-10/h7,10H,2-6H2,1H3,(H,13,15)(H2,12,14,16). The Hall–Kier alpha value is -1.10. The third kappa shape index (κ3) is 3.48. The molecule has 1 aliphatic rings. The number of rotatable bonds is 5. The van der Waals surface area contributed by atoms with Gasteiger partial charge in [-0.25, -0.2) is 0 Å². The van der Waals surface area contributed by atoms with Gasteiger partial charge in [0, 0.05) is 18.3 Å². The fraction of sp³-hybridized carbons (Fsp3) is 0.636. The lowest BCUT2D eigenvalue weighted by molar-refractivity contribution is 0.751. The smallest absolute Gasteiger partial charge is 0.166 e. The molecule has 0 spiro atoms. The first-order valence-corrected chi connectivity index (χ1v) is 6.20. The molecule has 0 saturated heterocycles. The number of hydrogen-bond donors (Lipinski definition) is 3. The molecular formula is C11H18N4S. The van der Waals surface area contributed by atoms with Gasteiger partial charge in [0.1, 0.15) is 0 Å². The zero-order valence-electron chi connectivity index (χ0n) is 9.55. The van der Waals surface area contributed by atoms with E-state index in [9.17, 15) is 0 Å². The monoisotopic (exact) mass is 238 g/mol. The van der Waals surface area contributed by atoms with Gasteiger partial charge in [-0.05, 0) is 50.4 Å². The van der Waals surface area contributed by atoms with Crippen molar-refractivity contribution in [1.29, 1.82) is 0 Å². The van der Waals surface area contributed by atoms with E-state index in [-0.39, 0.29) is 0 Å². The van der Waals surface area contributed by atoms with Crippen LogP contribution < -0.4 is 10.6 Å². The lowest BCUT2D eigenvalue weighted by atomic mass is 10.1. The molecule has 2 rings (SSSR count). The summed E-state index contributed by atoms with van der Waals surface area (Å²) in [6.45, 7) is 2.97.